The van der Waals surface area contributed by atoms with Crippen molar-refractivity contribution in [3.8, 4) is 0 Å². The molecule has 8 fully saturated rings. The zero-order chi connectivity index (χ0) is 33.9. The van der Waals surface area contributed by atoms with E-state index in [9.17, 15) is 25.2 Å². The van der Waals surface area contributed by atoms with Crippen LogP contribution in [0.4, 0.5) is 0 Å². The Bertz CT molecular complexity index is 1310. The smallest absolute Gasteiger partial charge is 0.303 e. The van der Waals surface area contributed by atoms with E-state index in [0.29, 0.717) is 17.8 Å². The molecule has 3 spiro atoms. The van der Waals surface area contributed by atoms with E-state index in [1.165, 1.54) is 6.92 Å². The third-order valence-corrected chi connectivity index (χ3v) is 16.2. The molecule has 0 radical (unpaired) electrons. The third-order valence-electron chi connectivity index (χ3n) is 16.2. The second-order valence-corrected chi connectivity index (χ2v) is 18.9. The maximum absolute atomic E-state index is 12.7. The van der Waals surface area contributed by atoms with E-state index in [2.05, 4.69) is 34.6 Å². The topological polar surface area (TPSA) is 144 Å². The molecule has 4 N–H and O–H groups in total. The van der Waals surface area contributed by atoms with Gasteiger partial charge in [-0.3, -0.25) is 4.79 Å². The van der Waals surface area contributed by atoms with Gasteiger partial charge in [-0.1, -0.05) is 34.6 Å². The van der Waals surface area contributed by atoms with E-state index in [-0.39, 0.29) is 46.4 Å². The van der Waals surface area contributed by atoms with Crippen LogP contribution < -0.4 is 0 Å². The minimum atomic E-state index is -1.28. The summed E-state index contributed by atoms with van der Waals surface area (Å²) in [5.41, 5.74) is -1.52. The maximum Gasteiger partial charge on any atom is 0.303 e. The Labute approximate surface area is 279 Å². The van der Waals surface area contributed by atoms with Crippen LogP contribution in [0, 0.1) is 50.7 Å². The summed E-state index contributed by atoms with van der Waals surface area (Å²) in [6.45, 7) is 16.5. The zero-order valence-electron chi connectivity index (χ0n) is 29.5. The third kappa shape index (κ3) is 3.94. The highest BCUT2D eigenvalue weighted by Gasteiger charge is 2.88. The van der Waals surface area contributed by atoms with Crippen molar-refractivity contribution >= 4 is 5.97 Å². The molecular formula is C37H58O10. The van der Waals surface area contributed by atoms with Crippen molar-refractivity contribution in [3.63, 3.8) is 0 Å². The number of carbonyl (C=O) groups is 1. The first-order valence-corrected chi connectivity index (χ1v) is 18.4. The van der Waals surface area contributed by atoms with E-state index in [0.717, 1.165) is 51.4 Å². The Balaban J connectivity index is 1.07. The van der Waals surface area contributed by atoms with Crippen LogP contribution in [0.15, 0.2) is 0 Å². The second-order valence-electron chi connectivity index (χ2n) is 18.9. The van der Waals surface area contributed by atoms with Crippen molar-refractivity contribution in [1.82, 2.24) is 0 Å². The van der Waals surface area contributed by atoms with Crippen molar-refractivity contribution in [2.24, 2.45) is 50.7 Å². The average Bonchev–Trinajstić information content (AvgIpc) is 3.49. The summed E-state index contributed by atoms with van der Waals surface area (Å²) in [6, 6.07) is 0. The number of rotatable bonds is 4. The van der Waals surface area contributed by atoms with Crippen molar-refractivity contribution in [3.05, 3.63) is 0 Å². The largest absolute Gasteiger partial charge is 0.457 e. The molecule has 0 aromatic rings. The van der Waals surface area contributed by atoms with Gasteiger partial charge in [0.2, 0.25) is 0 Å². The fourth-order valence-corrected chi connectivity index (χ4v) is 14.3. The lowest BCUT2D eigenvalue weighted by atomic mass is 9.41. The minimum absolute atomic E-state index is 0.0557. The second kappa shape index (κ2) is 9.93. The molecule has 8 aliphatic rings. The van der Waals surface area contributed by atoms with Gasteiger partial charge in [-0.25, -0.2) is 0 Å². The SMILES string of the molecule is CC(=O)O[C@@H]1[C@@H](O)[C@H](O[C@H]2CC[C@]34C[C@]35CC[C@]3(C)[C@H]6[C@H](C)C[C@H]7O[C@]6(O[C@@H]7C(C)(C)O)[C@H](O)[C@@]3(C)[C@@H]5CC[C@H]4C2(C)C)OC[C@H]1O. The molecule has 0 unspecified atom stereocenters. The number of aliphatic hydroxyl groups excluding tert-OH is 3. The highest BCUT2D eigenvalue weighted by Crippen LogP contribution is 2.90. The summed E-state index contributed by atoms with van der Waals surface area (Å²) in [6.07, 6.45) is 1.94. The molecule has 266 valence electrons. The van der Waals surface area contributed by atoms with E-state index < -0.39 is 59.6 Å². The molecule has 5 saturated carbocycles. The lowest BCUT2D eigenvalue weighted by molar-refractivity contribution is -0.304. The molecule has 17 atom stereocenters. The molecule has 3 saturated heterocycles. The maximum atomic E-state index is 12.7. The molecule has 47 heavy (non-hydrogen) atoms. The summed E-state index contributed by atoms with van der Waals surface area (Å²) in [4.78, 5) is 11.7. The van der Waals surface area contributed by atoms with Gasteiger partial charge in [0.15, 0.2) is 18.2 Å². The number of hydrogen-bond donors (Lipinski definition) is 4. The van der Waals surface area contributed by atoms with Gasteiger partial charge in [0.05, 0.1) is 24.4 Å². The lowest BCUT2D eigenvalue weighted by Crippen LogP contribution is -2.61. The summed E-state index contributed by atoms with van der Waals surface area (Å²) < 4.78 is 31.3. The number of fused-ring (bicyclic) bond motifs is 4. The Hall–Kier alpha value is -0.850. The van der Waals surface area contributed by atoms with Crippen LogP contribution in [0.25, 0.3) is 0 Å². The molecule has 0 aromatic carbocycles. The molecular weight excluding hydrogens is 604 g/mol. The van der Waals surface area contributed by atoms with E-state index in [1.54, 1.807) is 13.8 Å². The first-order valence-electron chi connectivity index (χ1n) is 18.4. The monoisotopic (exact) mass is 662 g/mol. The molecule has 5 aliphatic carbocycles. The summed E-state index contributed by atoms with van der Waals surface area (Å²) >= 11 is 0. The predicted molar refractivity (Wildman–Crippen MR) is 168 cm³/mol. The molecule has 0 amide bonds. The normalized spacial score (nSPS) is 58.8. The van der Waals surface area contributed by atoms with Crippen molar-refractivity contribution < 1.29 is 48.9 Å². The van der Waals surface area contributed by atoms with Crippen LogP contribution in [0.2, 0.25) is 0 Å². The van der Waals surface area contributed by atoms with E-state index >= 15 is 0 Å². The van der Waals surface area contributed by atoms with E-state index in [4.69, 9.17) is 23.7 Å². The molecule has 0 aromatic heterocycles. The fourth-order valence-electron chi connectivity index (χ4n) is 14.3. The van der Waals surface area contributed by atoms with Gasteiger partial charge in [0, 0.05) is 18.3 Å². The lowest BCUT2D eigenvalue weighted by Gasteiger charge is -2.63. The summed E-state index contributed by atoms with van der Waals surface area (Å²) in [5.74, 6) is -0.544. The highest BCUT2D eigenvalue weighted by atomic mass is 16.8. The first kappa shape index (κ1) is 33.3. The van der Waals surface area contributed by atoms with Crippen molar-refractivity contribution in [2.45, 2.75) is 167 Å². The van der Waals surface area contributed by atoms with Crippen molar-refractivity contribution in [1.29, 1.82) is 0 Å². The van der Waals surface area contributed by atoms with Gasteiger partial charge in [-0.05, 0) is 105 Å². The Morgan fingerprint density at radius 3 is 2.30 bits per heavy atom. The van der Waals surface area contributed by atoms with Crippen molar-refractivity contribution in [2.75, 3.05) is 6.61 Å². The summed E-state index contributed by atoms with van der Waals surface area (Å²) in [5, 5.41) is 45.2. The zero-order valence-corrected chi connectivity index (χ0v) is 29.5. The molecule has 10 heteroatoms. The van der Waals surface area contributed by atoms with Crippen LogP contribution in [0.3, 0.4) is 0 Å². The van der Waals surface area contributed by atoms with Gasteiger partial charge in [0.1, 0.15) is 24.4 Å². The van der Waals surface area contributed by atoms with Crippen LogP contribution in [0.5, 0.6) is 0 Å². The summed E-state index contributed by atoms with van der Waals surface area (Å²) in [7, 11) is 0. The number of esters is 1. The van der Waals surface area contributed by atoms with Gasteiger partial charge in [-0.2, -0.15) is 0 Å². The molecule has 3 heterocycles. The first-order chi connectivity index (χ1) is 21.8. The minimum Gasteiger partial charge on any atom is -0.457 e. The number of carbonyl (C=O) groups excluding carboxylic acids is 1. The Morgan fingerprint density at radius 1 is 0.936 bits per heavy atom. The molecule has 10 nitrogen and oxygen atoms in total. The van der Waals surface area contributed by atoms with Crippen LogP contribution in [0.1, 0.15) is 107 Å². The molecule has 3 aliphatic heterocycles. The highest BCUT2D eigenvalue weighted by molar-refractivity contribution is 5.66. The van der Waals surface area contributed by atoms with Gasteiger partial charge < -0.3 is 44.1 Å². The Kier molecular flexibility index (Phi) is 7.03. The van der Waals surface area contributed by atoms with E-state index in [1.807, 2.05) is 0 Å². The van der Waals surface area contributed by atoms with Crippen LogP contribution in [-0.2, 0) is 28.5 Å². The standard InChI is InChI=1S/C37H58O10/c1-18-15-21-28(32(5,6)42)47-37(46-21)27(18)33(7)13-14-36-17-35(36)12-11-24(45-29-25(40)26(44-19(2)38)20(39)16-43-29)31(3,4)22(35)9-10-23(36)34(33,8)30(37)41/h18,20-30,39-42H,9-17H2,1-8H3/t18-,20-,21-,22+,23+,24+,25-,26+,27-,28+,29+,30-,33-,34-,35-,36+,37-/m1/s1. The quantitative estimate of drug-likeness (QED) is 0.260. The molecule has 8 rings (SSSR count). The fraction of sp³-hybridized carbons (Fsp3) is 0.973. The van der Waals surface area contributed by atoms with Gasteiger partial charge >= 0.3 is 5.97 Å². The average molecular weight is 663 g/mol. The number of aliphatic hydroxyl groups is 4. The number of hydrogen-bond acceptors (Lipinski definition) is 10. The Morgan fingerprint density at radius 2 is 1.62 bits per heavy atom. The van der Waals surface area contributed by atoms with Gasteiger partial charge in [-0.15, -0.1) is 0 Å². The number of ether oxygens (including phenoxy) is 5. The predicted octanol–water partition coefficient (Wildman–Crippen LogP) is 3.69. The molecule has 2 bridgehead atoms. The van der Waals surface area contributed by atoms with Crippen LogP contribution in [-0.4, -0.2) is 93.4 Å². The van der Waals surface area contributed by atoms with Crippen LogP contribution >= 0.6 is 0 Å². The van der Waals surface area contributed by atoms with Gasteiger partial charge in [0.25, 0.3) is 0 Å².